The Balaban J connectivity index is 2.07. The lowest BCUT2D eigenvalue weighted by Crippen LogP contribution is -2.41. The second-order valence-electron chi connectivity index (χ2n) is 4.91. The molecule has 0 radical (unpaired) electrons. The van der Waals surface area contributed by atoms with Crippen LogP contribution in [-0.2, 0) is 0 Å². The molecule has 0 aromatic carbocycles. The number of nitrogens with two attached hydrogens (primary N) is 1. The summed E-state index contributed by atoms with van der Waals surface area (Å²) in [6.45, 7) is 2.19. The standard InChI is InChI=1S/C13H20N4O/c1-9-4-2-3-5-11(9)16-13(18)10-8-15-7-6-12(10)17-14/h6-9,11H,2-5,14H2,1H3,(H,15,17)(H,16,18). The van der Waals surface area contributed by atoms with E-state index in [1.54, 1.807) is 12.3 Å². The molecule has 1 aromatic rings. The van der Waals surface area contributed by atoms with E-state index in [9.17, 15) is 4.79 Å². The zero-order chi connectivity index (χ0) is 13.0. The largest absolute Gasteiger partial charge is 0.349 e. The first kappa shape index (κ1) is 12.8. The van der Waals surface area contributed by atoms with Crippen LogP contribution in [0.15, 0.2) is 18.5 Å². The molecule has 0 spiro atoms. The Kier molecular flexibility index (Phi) is 4.15. The van der Waals surface area contributed by atoms with Gasteiger partial charge in [0, 0.05) is 18.4 Å². The summed E-state index contributed by atoms with van der Waals surface area (Å²) in [7, 11) is 0. The van der Waals surface area contributed by atoms with E-state index < -0.39 is 0 Å². The van der Waals surface area contributed by atoms with Gasteiger partial charge in [0.2, 0.25) is 0 Å². The van der Waals surface area contributed by atoms with Crippen molar-refractivity contribution in [3.8, 4) is 0 Å². The van der Waals surface area contributed by atoms with Gasteiger partial charge in [-0.3, -0.25) is 15.6 Å². The third-order valence-electron chi connectivity index (χ3n) is 3.65. The smallest absolute Gasteiger partial charge is 0.255 e. The zero-order valence-corrected chi connectivity index (χ0v) is 10.6. The molecule has 18 heavy (non-hydrogen) atoms. The highest BCUT2D eigenvalue weighted by atomic mass is 16.1. The van der Waals surface area contributed by atoms with Crippen molar-refractivity contribution in [2.24, 2.45) is 11.8 Å². The average Bonchev–Trinajstić information content (AvgIpc) is 2.41. The molecular weight excluding hydrogens is 228 g/mol. The minimum Gasteiger partial charge on any atom is -0.349 e. The molecule has 2 unspecified atom stereocenters. The lowest BCUT2D eigenvalue weighted by Gasteiger charge is -2.29. The number of hydrazine groups is 1. The fourth-order valence-electron chi connectivity index (χ4n) is 2.48. The van der Waals surface area contributed by atoms with E-state index >= 15 is 0 Å². The van der Waals surface area contributed by atoms with Crippen LogP contribution in [0.4, 0.5) is 5.69 Å². The summed E-state index contributed by atoms with van der Waals surface area (Å²) in [4.78, 5) is 16.2. The summed E-state index contributed by atoms with van der Waals surface area (Å²) in [6, 6.07) is 1.95. The van der Waals surface area contributed by atoms with E-state index in [0.29, 0.717) is 17.2 Å². The first-order valence-corrected chi connectivity index (χ1v) is 6.44. The number of carbonyl (C=O) groups is 1. The molecule has 4 N–H and O–H groups in total. The molecule has 2 rings (SSSR count). The summed E-state index contributed by atoms with van der Waals surface area (Å²) in [5.41, 5.74) is 3.62. The third-order valence-corrected chi connectivity index (χ3v) is 3.65. The fourth-order valence-corrected chi connectivity index (χ4v) is 2.48. The van der Waals surface area contributed by atoms with Crippen molar-refractivity contribution in [2.75, 3.05) is 5.43 Å². The van der Waals surface area contributed by atoms with Crippen molar-refractivity contribution in [2.45, 2.75) is 38.6 Å². The normalized spacial score (nSPS) is 23.4. The van der Waals surface area contributed by atoms with Crippen LogP contribution in [0.5, 0.6) is 0 Å². The monoisotopic (exact) mass is 248 g/mol. The average molecular weight is 248 g/mol. The summed E-state index contributed by atoms with van der Waals surface area (Å²) in [5.74, 6) is 5.82. The Morgan fingerprint density at radius 3 is 2.94 bits per heavy atom. The van der Waals surface area contributed by atoms with Crippen molar-refractivity contribution >= 4 is 11.6 Å². The number of carbonyl (C=O) groups excluding carboxylic acids is 1. The van der Waals surface area contributed by atoms with Crippen molar-refractivity contribution in [3.63, 3.8) is 0 Å². The molecule has 1 aliphatic carbocycles. The Morgan fingerprint density at radius 2 is 2.22 bits per heavy atom. The first-order valence-electron chi connectivity index (χ1n) is 6.44. The Hall–Kier alpha value is -1.62. The number of amides is 1. The van der Waals surface area contributed by atoms with Crippen LogP contribution in [0.25, 0.3) is 0 Å². The Labute approximate surface area is 107 Å². The van der Waals surface area contributed by atoms with Gasteiger partial charge in [-0.15, -0.1) is 0 Å². The molecule has 2 atom stereocenters. The van der Waals surface area contributed by atoms with E-state index in [0.717, 1.165) is 6.42 Å². The van der Waals surface area contributed by atoms with Gasteiger partial charge in [0.25, 0.3) is 5.91 Å². The topological polar surface area (TPSA) is 80.0 Å². The Bertz CT molecular complexity index is 421. The van der Waals surface area contributed by atoms with Crippen molar-refractivity contribution < 1.29 is 4.79 Å². The highest BCUT2D eigenvalue weighted by Crippen LogP contribution is 2.24. The van der Waals surface area contributed by atoms with Crippen molar-refractivity contribution in [1.82, 2.24) is 10.3 Å². The van der Waals surface area contributed by atoms with E-state index in [-0.39, 0.29) is 11.9 Å². The molecular formula is C13H20N4O. The molecule has 1 saturated carbocycles. The number of aromatic nitrogens is 1. The van der Waals surface area contributed by atoms with Gasteiger partial charge in [0.1, 0.15) is 0 Å². The van der Waals surface area contributed by atoms with Crippen LogP contribution in [0.3, 0.4) is 0 Å². The van der Waals surface area contributed by atoms with Crippen molar-refractivity contribution in [1.29, 1.82) is 0 Å². The van der Waals surface area contributed by atoms with Gasteiger partial charge >= 0.3 is 0 Å². The van der Waals surface area contributed by atoms with Crippen LogP contribution in [0.2, 0.25) is 0 Å². The zero-order valence-electron chi connectivity index (χ0n) is 10.6. The number of hydrogen-bond donors (Lipinski definition) is 3. The van der Waals surface area contributed by atoms with Gasteiger partial charge in [-0.25, -0.2) is 0 Å². The van der Waals surface area contributed by atoms with E-state index in [4.69, 9.17) is 5.84 Å². The quantitative estimate of drug-likeness (QED) is 0.561. The summed E-state index contributed by atoms with van der Waals surface area (Å²) < 4.78 is 0. The highest BCUT2D eigenvalue weighted by Gasteiger charge is 2.24. The second-order valence-corrected chi connectivity index (χ2v) is 4.91. The number of nitrogens with one attached hydrogen (secondary N) is 2. The number of rotatable bonds is 3. The lowest BCUT2D eigenvalue weighted by molar-refractivity contribution is 0.0910. The Morgan fingerprint density at radius 1 is 1.44 bits per heavy atom. The van der Waals surface area contributed by atoms with Crippen LogP contribution in [-0.4, -0.2) is 16.9 Å². The molecule has 1 aromatic heterocycles. The maximum absolute atomic E-state index is 12.2. The van der Waals surface area contributed by atoms with Crippen LogP contribution < -0.4 is 16.6 Å². The number of hydrogen-bond acceptors (Lipinski definition) is 4. The van der Waals surface area contributed by atoms with Crippen LogP contribution in [0, 0.1) is 5.92 Å². The molecule has 1 amide bonds. The summed E-state index contributed by atoms with van der Waals surface area (Å²) in [6.07, 6.45) is 7.83. The molecule has 98 valence electrons. The molecule has 0 aliphatic heterocycles. The maximum atomic E-state index is 12.2. The molecule has 5 nitrogen and oxygen atoms in total. The predicted molar refractivity (Wildman–Crippen MR) is 70.9 cm³/mol. The number of nitrogens with zero attached hydrogens (tertiary/aromatic N) is 1. The van der Waals surface area contributed by atoms with Gasteiger partial charge in [-0.05, 0) is 24.8 Å². The highest BCUT2D eigenvalue weighted by molar-refractivity contribution is 5.99. The first-order chi connectivity index (χ1) is 8.72. The minimum atomic E-state index is -0.102. The van der Waals surface area contributed by atoms with Gasteiger partial charge in [0.05, 0.1) is 11.3 Å². The minimum absolute atomic E-state index is 0.102. The third kappa shape index (κ3) is 2.79. The molecule has 1 aliphatic rings. The fraction of sp³-hybridized carbons (Fsp3) is 0.538. The SMILES string of the molecule is CC1CCCCC1NC(=O)c1cnccc1NN. The number of nitrogen functional groups attached to an aromatic ring is 1. The second kappa shape index (κ2) is 5.82. The van der Waals surface area contributed by atoms with E-state index in [2.05, 4.69) is 22.7 Å². The molecule has 0 saturated heterocycles. The number of anilines is 1. The summed E-state index contributed by atoms with van der Waals surface area (Å²) >= 11 is 0. The molecule has 1 fully saturated rings. The molecule has 5 heteroatoms. The molecule has 1 heterocycles. The van der Waals surface area contributed by atoms with Gasteiger partial charge in [0.15, 0.2) is 0 Å². The number of pyridine rings is 1. The predicted octanol–water partition coefficient (Wildman–Crippen LogP) is 1.68. The summed E-state index contributed by atoms with van der Waals surface area (Å²) in [5, 5.41) is 3.09. The van der Waals surface area contributed by atoms with Crippen LogP contribution >= 0.6 is 0 Å². The van der Waals surface area contributed by atoms with Gasteiger partial charge < -0.3 is 10.7 Å². The lowest BCUT2D eigenvalue weighted by atomic mass is 9.86. The van der Waals surface area contributed by atoms with E-state index in [1.165, 1.54) is 25.5 Å². The van der Waals surface area contributed by atoms with Crippen LogP contribution in [0.1, 0.15) is 43.0 Å². The maximum Gasteiger partial charge on any atom is 0.255 e. The van der Waals surface area contributed by atoms with Crippen molar-refractivity contribution in [3.05, 3.63) is 24.0 Å². The van der Waals surface area contributed by atoms with Gasteiger partial charge in [-0.2, -0.15) is 0 Å². The van der Waals surface area contributed by atoms with E-state index in [1.807, 2.05) is 0 Å². The van der Waals surface area contributed by atoms with Gasteiger partial charge in [-0.1, -0.05) is 19.8 Å². The molecule has 0 bridgehead atoms.